The number of nitrogens with one attached hydrogen (secondary N) is 1. The highest BCUT2D eigenvalue weighted by Gasteiger charge is 2.26. The summed E-state index contributed by atoms with van der Waals surface area (Å²) < 4.78 is 24.7. The summed E-state index contributed by atoms with van der Waals surface area (Å²) in [5.74, 6) is -3.02. The summed E-state index contributed by atoms with van der Waals surface area (Å²) in [6.45, 7) is 4.33. The van der Waals surface area contributed by atoms with Crippen LogP contribution < -0.4 is 5.32 Å². The maximum absolute atomic E-state index is 12.4. The molecule has 0 radical (unpaired) electrons. The molecular weight excluding hydrogens is 164 g/mol. The molecule has 0 saturated heterocycles. The Hall–Kier alpha value is -0.480. The van der Waals surface area contributed by atoms with Crippen molar-refractivity contribution in [2.75, 3.05) is 19.7 Å². The molecule has 0 amide bonds. The van der Waals surface area contributed by atoms with E-state index in [4.69, 9.17) is 5.11 Å². The minimum absolute atomic E-state index is 0.381. The van der Waals surface area contributed by atoms with Gasteiger partial charge in [0.2, 0.25) is 0 Å². The summed E-state index contributed by atoms with van der Waals surface area (Å²) >= 11 is 0. The van der Waals surface area contributed by atoms with E-state index in [0.717, 1.165) is 12.0 Å². The Balaban J connectivity index is 3.49. The van der Waals surface area contributed by atoms with Gasteiger partial charge in [-0.15, -0.1) is 0 Å². The molecule has 2 nitrogen and oxygen atoms in total. The van der Waals surface area contributed by atoms with Gasteiger partial charge >= 0.3 is 0 Å². The Labute approximate surface area is 71.3 Å². The number of alkyl halides is 2. The summed E-state index contributed by atoms with van der Waals surface area (Å²) in [5, 5.41) is 10.7. The molecule has 0 heterocycles. The van der Waals surface area contributed by atoms with Gasteiger partial charge in [0.15, 0.2) is 0 Å². The van der Waals surface area contributed by atoms with Crippen molar-refractivity contribution in [2.45, 2.75) is 19.3 Å². The molecule has 72 valence electrons. The van der Waals surface area contributed by atoms with E-state index in [9.17, 15) is 8.78 Å². The van der Waals surface area contributed by atoms with Crippen molar-refractivity contribution in [1.82, 2.24) is 5.32 Å². The Morgan fingerprint density at radius 2 is 2.17 bits per heavy atom. The SMILES string of the molecule is C=C(CC)CNCC(F)(F)CO. The normalized spacial score (nSPS) is 11.7. The Kier molecular flexibility index (Phi) is 5.01. The summed E-state index contributed by atoms with van der Waals surface area (Å²) in [6.07, 6.45) is 0.775. The number of rotatable bonds is 6. The van der Waals surface area contributed by atoms with Crippen molar-refractivity contribution < 1.29 is 13.9 Å². The van der Waals surface area contributed by atoms with E-state index in [2.05, 4.69) is 11.9 Å². The first-order valence-electron chi connectivity index (χ1n) is 3.88. The second kappa shape index (κ2) is 5.22. The van der Waals surface area contributed by atoms with Gasteiger partial charge in [-0.05, 0) is 6.42 Å². The third-order valence-corrected chi connectivity index (χ3v) is 1.49. The lowest BCUT2D eigenvalue weighted by molar-refractivity contribution is -0.0470. The minimum Gasteiger partial charge on any atom is -0.390 e. The van der Waals surface area contributed by atoms with Crippen LogP contribution in [0.25, 0.3) is 0 Å². The van der Waals surface area contributed by atoms with Crippen LogP contribution >= 0.6 is 0 Å². The predicted molar refractivity (Wildman–Crippen MR) is 44.3 cm³/mol. The average molecular weight is 179 g/mol. The van der Waals surface area contributed by atoms with E-state index in [-0.39, 0.29) is 0 Å². The van der Waals surface area contributed by atoms with Gasteiger partial charge < -0.3 is 10.4 Å². The molecule has 0 aliphatic rings. The smallest absolute Gasteiger partial charge is 0.282 e. The van der Waals surface area contributed by atoms with Crippen LogP contribution in [0.2, 0.25) is 0 Å². The monoisotopic (exact) mass is 179 g/mol. The number of aliphatic hydroxyl groups excluding tert-OH is 1. The molecule has 0 bridgehead atoms. The maximum Gasteiger partial charge on any atom is 0.282 e. The van der Waals surface area contributed by atoms with Crippen LogP contribution in [0.4, 0.5) is 8.78 Å². The van der Waals surface area contributed by atoms with Gasteiger partial charge in [0.1, 0.15) is 6.61 Å². The molecule has 2 N–H and O–H groups in total. The van der Waals surface area contributed by atoms with Gasteiger partial charge in [0.05, 0.1) is 6.54 Å². The lowest BCUT2D eigenvalue weighted by Crippen LogP contribution is -2.36. The molecule has 0 aliphatic heterocycles. The van der Waals surface area contributed by atoms with Crippen LogP contribution in [0.3, 0.4) is 0 Å². The molecule has 0 aromatic heterocycles. The van der Waals surface area contributed by atoms with Gasteiger partial charge in [0, 0.05) is 6.54 Å². The van der Waals surface area contributed by atoms with Gasteiger partial charge in [-0.2, -0.15) is 0 Å². The number of hydrogen-bond donors (Lipinski definition) is 2. The highest BCUT2D eigenvalue weighted by Crippen LogP contribution is 2.09. The van der Waals surface area contributed by atoms with Gasteiger partial charge in [0.25, 0.3) is 5.92 Å². The fraction of sp³-hybridized carbons (Fsp3) is 0.750. The highest BCUT2D eigenvalue weighted by molar-refractivity contribution is 4.95. The Morgan fingerprint density at radius 3 is 2.58 bits per heavy atom. The van der Waals surface area contributed by atoms with E-state index >= 15 is 0 Å². The summed E-state index contributed by atoms with van der Waals surface area (Å²) in [5.41, 5.74) is 0.878. The molecule has 0 aliphatic carbocycles. The molecule has 0 unspecified atom stereocenters. The molecule has 0 fully saturated rings. The third kappa shape index (κ3) is 5.21. The largest absolute Gasteiger partial charge is 0.390 e. The Morgan fingerprint density at radius 1 is 1.58 bits per heavy atom. The quantitative estimate of drug-likeness (QED) is 0.600. The fourth-order valence-corrected chi connectivity index (χ4v) is 0.603. The van der Waals surface area contributed by atoms with E-state index in [1.54, 1.807) is 0 Å². The Bertz CT molecular complexity index is 148. The second-order valence-corrected chi connectivity index (χ2v) is 2.72. The van der Waals surface area contributed by atoms with Crippen LogP contribution in [-0.2, 0) is 0 Å². The first-order valence-corrected chi connectivity index (χ1v) is 3.88. The van der Waals surface area contributed by atoms with E-state index in [0.29, 0.717) is 6.54 Å². The summed E-state index contributed by atoms with van der Waals surface area (Å²) in [6, 6.07) is 0. The average Bonchev–Trinajstić information content (AvgIpc) is 2.04. The molecule has 0 aromatic carbocycles. The van der Waals surface area contributed by atoms with Crippen LogP contribution in [0.15, 0.2) is 12.2 Å². The molecule has 12 heavy (non-hydrogen) atoms. The van der Waals surface area contributed by atoms with Crippen molar-refractivity contribution >= 4 is 0 Å². The third-order valence-electron chi connectivity index (χ3n) is 1.49. The number of halogens is 2. The zero-order valence-corrected chi connectivity index (χ0v) is 7.24. The van der Waals surface area contributed by atoms with Crippen LogP contribution in [-0.4, -0.2) is 30.7 Å². The highest BCUT2D eigenvalue weighted by atomic mass is 19.3. The zero-order chi connectivity index (χ0) is 9.61. The topological polar surface area (TPSA) is 32.3 Å². The molecule has 0 atom stereocenters. The standard InChI is InChI=1S/C8H15F2NO/c1-3-7(2)4-11-5-8(9,10)6-12/h11-12H,2-6H2,1H3. The van der Waals surface area contributed by atoms with Crippen molar-refractivity contribution in [3.8, 4) is 0 Å². The van der Waals surface area contributed by atoms with Gasteiger partial charge in [-0.3, -0.25) is 0 Å². The first-order chi connectivity index (χ1) is 5.52. The molecule has 0 aromatic rings. The van der Waals surface area contributed by atoms with Crippen molar-refractivity contribution in [1.29, 1.82) is 0 Å². The van der Waals surface area contributed by atoms with E-state index in [1.165, 1.54) is 0 Å². The second-order valence-electron chi connectivity index (χ2n) is 2.72. The van der Waals surface area contributed by atoms with E-state index < -0.39 is 19.1 Å². The fourth-order valence-electron chi connectivity index (χ4n) is 0.603. The van der Waals surface area contributed by atoms with Crippen LogP contribution in [0.5, 0.6) is 0 Å². The van der Waals surface area contributed by atoms with Crippen molar-refractivity contribution in [2.24, 2.45) is 0 Å². The van der Waals surface area contributed by atoms with Crippen LogP contribution in [0, 0.1) is 0 Å². The van der Waals surface area contributed by atoms with Gasteiger partial charge in [-0.25, -0.2) is 8.78 Å². The minimum atomic E-state index is -3.02. The number of aliphatic hydroxyl groups is 1. The van der Waals surface area contributed by atoms with Crippen molar-refractivity contribution in [3.05, 3.63) is 12.2 Å². The molecule has 0 rings (SSSR count). The van der Waals surface area contributed by atoms with E-state index in [1.807, 2.05) is 6.92 Å². The molecular formula is C8H15F2NO. The molecule has 0 spiro atoms. The number of hydrogen-bond acceptors (Lipinski definition) is 2. The van der Waals surface area contributed by atoms with Crippen LogP contribution in [0.1, 0.15) is 13.3 Å². The molecule has 0 saturated carbocycles. The lowest BCUT2D eigenvalue weighted by atomic mass is 10.2. The zero-order valence-electron chi connectivity index (χ0n) is 7.24. The van der Waals surface area contributed by atoms with Crippen molar-refractivity contribution in [3.63, 3.8) is 0 Å². The molecule has 4 heteroatoms. The summed E-state index contributed by atoms with van der Waals surface area (Å²) in [4.78, 5) is 0. The summed E-state index contributed by atoms with van der Waals surface area (Å²) in [7, 11) is 0. The predicted octanol–water partition coefficient (Wildman–Crippen LogP) is 1.17. The first kappa shape index (κ1) is 11.5. The van der Waals surface area contributed by atoms with Gasteiger partial charge in [-0.1, -0.05) is 19.1 Å². The maximum atomic E-state index is 12.4. The lowest BCUT2D eigenvalue weighted by Gasteiger charge is -2.14.